The van der Waals surface area contributed by atoms with Gasteiger partial charge in [-0.3, -0.25) is 4.79 Å². The highest BCUT2D eigenvalue weighted by molar-refractivity contribution is 9.10. The van der Waals surface area contributed by atoms with Crippen molar-refractivity contribution in [3.8, 4) is 0 Å². The van der Waals surface area contributed by atoms with E-state index in [0.717, 1.165) is 22.6 Å². The standard InChI is InChI=1S/C11H9BrO4S/c12-8-3-6(10(13)11(14)15)1-2-9(8)17-7-4-16-5-7/h1-3,7H,4-5H2,(H,14,15). The molecule has 90 valence electrons. The number of ketones is 1. The molecular weight excluding hydrogens is 308 g/mol. The predicted molar refractivity (Wildman–Crippen MR) is 66.6 cm³/mol. The predicted octanol–water partition coefficient (Wildman–Crippen LogP) is 2.21. The minimum absolute atomic E-state index is 0.179. The minimum atomic E-state index is -1.44. The highest BCUT2D eigenvalue weighted by Crippen LogP contribution is 2.34. The quantitative estimate of drug-likeness (QED) is 0.681. The van der Waals surface area contributed by atoms with E-state index in [2.05, 4.69) is 15.9 Å². The van der Waals surface area contributed by atoms with E-state index in [-0.39, 0.29) is 5.56 Å². The monoisotopic (exact) mass is 316 g/mol. The zero-order valence-electron chi connectivity index (χ0n) is 8.68. The molecule has 0 amide bonds. The molecule has 2 rings (SSSR count). The Morgan fingerprint density at radius 2 is 2.12 bits per heavy atom. The summed E-state index contributed by atoms with van der Waals surface area (Å²) in [5.74, 6) is -2.33. The number of hydrogen-bond donors (Lipinski definition) is 1. The molecule has 0 spiro atoms. The molecule has 0 atom stereocenters. The van der Waals surface area contributed by atoms with Gasteiger partial charge in [0.2, 0.25) is 0 Å². The largest absolute Gasteiger partial charge is 0.475 e. The number of benzene rings is 1. The Hall–Kier alpha value is -0.850. The van der Waals surface area contributed by atoms with Crippen molar-refractivity contribution in [3.63, 3.8) is 0 Å². The highest BCUT2D eigenvalue weighted by atomic mass is 79.9. The minimum Gasteiger partial charge on any atom is -0.475 e. The molecule has 1 saturated heterocycles. The van der Waals surface area contributed by atoms with E-state index < -0.39 is 11.8 Å². The molecule has 4 nitrogen and oxygen atoms in total. The van der Waals surface area contributed by atoms with Crippen molar-refractivity contribution in [1.82, 2.24) is 0 Å². The second kappa shape index (κ2) is 5.20. The lowest BCUT2D eigenvalue weighted by atomic mass is 10.1. The maximum absolute atomic E-state index is 11.3. The molecule has 1 aliphatic rings. The van der Waals surface area contributed by atoms with Gasteiger partial charge in [0.05, 0.1) is 18.5 Å². The fraction of sp³-hybridized carbons (Fsp3) is 0.273. The van der Waals surface area contributed by atoms with Crippen LogP contribution in [0.4, 0.5) is 0 Å². The van der Waals surface area contributed by atoms with E-state index in [1.165, 1.54) is 12.1 Å². The van der Waals surface area contributed by atoms with Gasteiger partial charge in [0.25, 0.3) is 5.78 Å². The van der Waals surface area contributed by atoms with Crippen molar-refractivity contribution in [3.05, 3.63) is 28.2 Å². The molecule has 17 heavy (non-hydrogen) atoms. The molecule has 1 aromatic rings. The fourth-order valence-electron chi connectivity index (χ4n) is 1.32. The summed E-state index contributed by atoms with van der Waals surface area (Å²) >= 11 is 4.99. The van der Waals surface area contributed by atoms with E-state index in [1.807, 2.05) is 0 Å². The molecule has 1 heterocycles. The van der Waals surface area contributed by atoms with E-state index in [4.69, 9.17) is 9.84 Å². The van der Waals surface area contributed by atoms with Crippen molar-refractivity contribution in [1.29, 1.82) is 0 Å². The number of ether oxygens (including phenoxy) is 1. The first-order valence-corrected chi connectivity index (χ1v) is 6.57. The van der Waals surface area contributed by atoms with Gasteiger partial charge in [-0.2, -0.15) is 0 Å². The van der Waals surface area contributed by atoms with E-state index in [1.54, 1.807) is 17.8 Å². The average Bonchev–Trinajstić information content (AvgIpc) is 2.23. The molecule has 0 radical (unpaired) electrons. The van der Waals surface area contributed by atoms with Crippen LogP contribution in [0.2, 0.25) is 0 Å². The molecule has 1 fully saturated rings. The third-order valence-corrected chi connectivity index (χ3v) is 4.42. The van der Waals surface area contributed by atoms with Gasteiger partial charge in [-0.25, -0.2) is 4.79 Å². The first-order chi connectivity index (χ1) is 8.08. The Bertz CT molecular complexity index is 471. The number of carbonyl (C=O) groups is 2. The molecule has 6 heteroatoms. The van der Waals surface area contributed by atoms with Crippen LogP contribution in [-0.2, 0) is 9.53 Å². The molecule has 0 bridgehead atoms. The van der Waals surface area contributed by atoms with Crippen molar-refractivity contribution in [2.75, 3.05) is 13.2 Å². The van der Waals surface area contributed by atoms with Crippen LogP contribution in [0.15, 0.2) is 27.6 Å². The van der Waals surface area contributed by atoms with Gasteiger partial charge in [-0.15, -0.1) is 11.8 Å². The Morgan fingerprint density at radius 1 is 1.41 bits per heavy atom. The van der Waals surface area contributed by atoms with Crippen LogP contribution in [0.3, 0.4) is 0 Å². The number of halogens is 1. The lowest BCUT2D eigenvalue weighted by molar-refractivity contribution is -0.131. The molecule has 1 aliphatic heterocycles. The smallest absolute Gasteiger partial charge is 0.377 e. The van der Waals surface area contributed by atoms with Gasteiger partial charge in [0.15, 0.2) is 0 Å². The van der Waals surface area contributed by atoms with Gasteiger partial charge < -0.3 is 9.84 Å². The zero-order chi connectivity index (χ0) is 12.4. The van der Waals surface area contributed by atoms with Crippen LogP contribution in [0.1, 0.15) is 10.4 Å². The maximum atomic E-state index is 11.3. The number of carboxylic acids is 1. The number of thioether (sulfide) groups is 1. The molecule has 0 aromatic heterocycles. The third kappa shape index (κ3) is 2.88. The third-order valence-electron chi connectivity index (χ3n) is 2.29. The zero-order valence-corrected chi connectivity index (χ0v) is 11.1. The second-order valence-corrected chi connectivity index (χ2v) is 5.75. The van der Waals surface area contributed by atoms with E-state index in [0.29, 0.717) is 5.25 Å². The lowest BCUT2D eigenvalue weighted by Crippen LogP contribution is -2.30. The summed E-state index contributed by atoms with van der Waals surface area (Å²) in [6.07, 6.45) is 0. The van der Waals surface area contributed by atoms with Crippen LogP contribution < -0.4 is 0 Å². The maximum Gasteiger partial charge on any atom is 0.377 e. The van der Waals surface area contributed by atoms with Gasteiger partial charge >= 0.3 is 5.97 Å². The molecule has 0 saturated carbocycles. The van der Waals surface area contributed by atoms with Crippen molar-refractivity contribution >= 4 is 39.4 Å². The van der Waals surface area contributed by atoms with Crippen LogP contribution in [0.25, 0.3) is 0 Å². The molecule has 1 N–H and O–H groups in total. The number of carbonyl (C=O) groups excluding carboxylic acids is 1. The number of rotatable bonds is 4. The fourth-order valence-corrected chi connectivity index (χ4v) is 2.99. The topological polar surface area (TPSA) is 63.6 Å². The van der Waals surface area contributed by atoms with Crippen LogP contribution in [0.5, 0.6) is 0 Å². The molecule has 1 aromatic carbocycles. The van der Waals surface area contributed by atoms with Gasteiger partial charge in [0.1, 0.15) is 0 Å². The Kier molecular flexibility index (Phi) is 3.86. The summed E-state index contributed by atoms with van der Waals surface area (Å²) in [5, 5.41) is 9.04. The van der Waals surface area contributed by atoms with Gasteiger partial charge in [-0.1, -0.05) is 0 Å². The van der Waals surface area contributed by atoms with E-state index in [9.17, 15) is 9.59 Å². The summed E-state index contributed by atoms with van der Waals surface area (Å²) < 4.78 is 5.81. The highest BCUT2D eigenvalue weighted by Gasteiger charge is 2.21. The first kappa shape index (κ1) is 12.6. The second-order valence-electron chi connectivity index (χ2n) is 3.56. The van der Waals surface area contributed by atoms with Crippen molar-refractivity contribution < 1.29 is 19.4 Å². The van der Waals surface area contributed by atoms with Crippen molar-refractivity contribution in [2.45, 2.75) is 10.1 Å². The Morgan fingerprint density at radius 3 is 2.59 bits per heavy atom. The normalized spacial score (nSPS) is 15.4. The summed E-state index contributed by atoms with van der Waals surface area (Å²) in [5.41, 5.74) is 0.179. The van der Waals surface area contributed by atoms with Crippen LogP contribution >= 0.6 is 27.7 Å². The number of hydrogen-bond acceptors (Lipinski definition) is 4. The summed E-state index contributed by atoms with van der Waals surface area (Å²) in [7, 11) is 0. The van der Waals surface area contributed by atoms with Gasteiger partial charge in [0, 0.05) is 14.9 Å². The molecular formula is C11H9BrO4S. The summed E-state index contributed by atoms with van der Waals surface area (Å²) in [6.45, 7) is 1.46. The summed E-state index contributed by atoms with van der Waals surface area (Å²) in [6, 6.07) is 4.82. The van der Waals surface area contributed by atoms with Gasteiger partial charge in [-0.05, 0) is 34.1 Å². The van der Waals surface area contributed by atoms with E-state index >= 15 is 0 Å². The average molecular weight is 317 g/mol. The van der Waals surface area contributed by atoms with Crippen molar-refractivity contribution in [2.24, 2.45) is 0 Å². The SMILES string of the molecule is O=C(O)C(=O)c1ccc(SC2COC2)c(Br)c1. The molecule has 0 aliphatic carbocycles. The number of carboxylic acid groups (broad SMARTS) is 1. The Labute approximate surface area is 110 Å². The Balaban J connectivity index is 2.15. The first-order valence-electron chi connectivity index (χ1n) is 4.89. The van der Waals surface area contributed by atoms with Crippen LogP contribution in [0, 0.1) is 0 Å². The molecule has 0 unspecified atom stereocenters. The number of Topliss-reactive ketones (excluding diaryl/α,β-unsaturated/α-hetero) is 1. The lowest BCUT2D eigenvalue weighted by Gasteiger charge is -2.25. The summed E-state index contributed by atoms with van der Waals surface area (Å²) in [4.78, 5) is 22.8. The number of aliphatic carboxylic acids is 1. The van der Waals surface area contributed by atoms with Crippen LogP contribution in [-0.4, -0.2) is 35.3 Å².